The molecule has 1 N–H and O–H groups in total. The lowest BCUT2D eigenvalue weighted by molar-refractivity contribution is 0.628. The summed E-state index contributed by atoms with van der Waals surface area (Å²) in [6.07, 6.45) is -0.394. The van der Waals surface area contributed by atoms with Crippen LogP contribution in [0.25, 0.3) is 80.7 Å². The van der Waals surface area contributed by atoms with Crippen LogP contribution in [-0.4, -0.2) is 16.2 Å². The van der Waals surface area contributed by atoms with Crippen LogP contribution in [0.15, 0.2) is 196 Å². The summed E-state index contributed by atoms with van der Waals surface area (Å²) in [7, 11) is 0. The van der Waals surface area contributed by atoms with Crippen LogP contribution in [0.3, 0.4) is 0 Å². The standard InChI is InChI=1S/C51H32N4OS/c1-3-13-31(14-4-1)49-52-50(32-15-5-2-6-16-32)54-51(53-49)40-21-11-20-38-41-29-33(25-28-44(41)56-48(38)40)35-19-12-24-45-47(35)39-27-26-34(30-46(39)57-45)55-42-22-9-7-17-36(42)37-18-8-10-23-43(37)55/h1-30,51H,(H,52,53,54). The average molecular weight is 749 g/mol. The zero-order valence-corrected chi connectivity index (χ0v) is 31.4. The Morgan fingerprint density at radius 2 is 1.23 bits per heavy atom. The number of nitrogens with one attached hydrogen (secondary N) is 1. The minimum absolute atomic E-state index is 0.394. The van der Waals surface area contributed by atoms with Gasteiger partial charge in [0.2, 0.25) is 0 Å². The Morgan fingerprint density at radius 3 is 2.02 bits per heavy atom. The maximum absolute atomic E-state index is 6.71. The molecular weight excluding hydrogens is 717 g/mol. The number of rotatable bonds is 5. The second kappa shape index (κ2) is 12.6. The Morgan fingerprint density at radius 1 is 0.526 bits per heavy atom. The summed E-state index contributed by atoms with van der Waals surface area (Å²) < 4.78 is 11.6. The minimum Gasteiger partial charge on any atom is -0.456 e. The number of aliphatic imine (C=N–C) groups is 2. The average Bonchev–Trinajstić information content (AvgIpc) is 3.96. The Balaban J connectivity index is 0.972. The van der Waals surface area contributed by atoms with Gasteiger partial charge in [-0.05, 0) is 53.6 Å². The highest BCUT2D eigenvalue weighted by Gasteiger charge is 2.25. The number of thiophene rings is 1. The molecule has 1 aliphatic rings. The van der Waals surface area contributed by atoms with Gasteiger partial charge in [0.1, 0.15) is 17.0 Å². The summed E-state index contributed by atoms with van der Waals surface area (Å²) in [5, 5.41) is 10.8. The Bertz CT molecular complexity index is 3390. The quantitative estimate of drug-likeness (QED) is 0.191. The Labute approximate surface area is 331 Å². The summed E-state index contributed by atoms with van der Waals surface area (Å²) >= 11 is 1.85. The number of para-hydroxylation sites is 3. The van der Waals surface area contributed by atoms with Crippen molar-refractivity contribution in [3.05, 3.63) is 199 Å². The molecule has 0 saturated heterocycles. The third-order valence-corrected chi connectivity index (χ3v) is 12.4. The van der Waals surface area contributed by atoms with Gasteiger partial charge in [0.25, 0.3) is 0 Å². The molecule has 0 bridgehead atoms. The van der Waals surface area contributed by atoms with Crippen molar-refractivity contribution in [2.45, 2.75) is 6.17 Å². The highest BCUT2D eigenvalue weighted by molar-refractivity contribution is 7.26. The van der Waals surface area contributed by atoms with Crippen molar-refractivity contribution in [1.82, 2.24) is 9.88 Å². The number of hydrogen-bond donors (Lipinski definition) is 1. The van der Waals surface area contributed by atoms with E-state index in [2.05, 4.69) is 155 Å². The lowest BCUT2D eigenvalue weighted by atomic mass is 9.97. The molecule has 1 unspecified atom stereocenters. The first-order valence-corrected chi connectivity index (χ1v) is 20.0. The molecule has 11 aromatic rings. The van der Waals surface area contributed by atoms with Crippen LogP contribution in [0.4, 0.5) is 0 Å². The molecular formula is C51H32N4OS. The summed E-state index contributed by atoms with van der Waals surface area (Å²) in [4.78, 5) is 10.1. The number of fused-ring (bicyclic) bond motifs is 9. The van der Waals surface area contributed by atoms with Crippen LogP contribution < -0.4 is 5.32 Å². The van der Waals surface area contributed by atoms with E-state index in [-0.39, 0.29) is 0 Å². The zero-order chi connectivity index (χ0) is 37.5. The number of hydrogen-bond acceptors (Lipinski definition) is 5. The van der Waals surface area contributed by atoms with E-state index < -0.39 is 6.17 Å². The smallest absolute Gasteiger partial charge is 0.159 e. The van der Waals surface area contributed by atoms with Crippen molar-refractivity contribution >= 4 is 86.9 Å². The fourth-order valence-corrected chi connectivity index (χ4v) is 9.83. The molecule has 1 atom stereocenters. The monoisotopic (exact) mass is 748 g/mol. The van der Waals surface area contributed by atoms with Gasteiger partial charge in [0, 0.05) is 64.1 Å². The van der Waals surface area contributed by atoms with Gasteiger partial charge in [-0.1, -0.05) is 140 Å². The van der Waals surface area contributed by atoms with Gasteiger partial charge in [-0.3, -0.25) is 0 Å². The van der Waals surface area contributed by atoms with E-state index in [4.69, 9.17) is 14.4 Å². The third kappa shape index (κ3) is 5.08. The SMILES string of the molecule is c1ccc(C2=NC(c3cccc4c3oc3ccc(-c5cccc6sc7cc(-n8c9ccccc9c9ccccc98)ccc7c56)cc34)NC(c3ccccc3)=N2)cc1. The molecule has 3 aromatic heterocycles. The van der Waals surface area contributed by atoms with Crippen molar-refractivity contribution < 1.29 is 4.42 Å². The molecule has 57 heavy (non-hydrogen) atoms. The van der Waals surface area contributed by atoms with Crippen LogP contribution >= 0.6 is 11.3 Å². The van der Waals surface area contributed by atoms with E-state index in [0.717, 1.165) is 50.0 Å². The van der Waals surface area contributed by atoms with Crippen LogP contribution in [0, 0.1) is 0 Å². The molecule has 5 nitrogen and oxygen atoms in total. The molecule has 1 aliphatic heterocycles. The topological polar surface area (TPSA) is 54.8 Å². The summed E-state index contributed by atoms with van der Waals surface area (Å²) in [5.41, 5.74) is 10.6. The van der Waals surface area contributed by atoms with Gasteiger partial charge in [0.05, 0.1) is 11.0 Å². The molecule has 8 aromatic carbocycles. The molecule has 0 saturated carbocycles. The van der Waals surface area contributed by atoms with Gasteiger partial charge in [-0.25, -0.2) is 9.98 Å². The van der Waals surface area contributed by atoms with Gasteiger partial charge in [-0.2, -0.15) is 0 Å². The van der Waals surface area contributed by atoms with E-state index in [1.54, 1.807) is 0 Å². The van der Waals surface area contributed by atoms with Gasteiger partial charge >= 0.3 is 0 Å². The fourth-order valence-electron chi connectivity index (χ4n) is 8.67. The maximum Gasteiger partial charge on any atom is 0.159 e. The highest BCUT2D eigenvalue weighted by Crippen LogP contribution is 2.43. The van der Waals surface area contributed by atoms with Crippen molar-refractivity contribution in [1.29, 1.82) is 0 Å². The summed E-state index contributed by atoms with van der Waals surface area (Å²) in [5.74, 6) is 1.47. The number of furan rings is 1. The Hall–Kier alpha value is -7.28. The second-order valence-electron chi connectivity index (χ2n) is 14.6. The van der Waals surface area contributed by atoms with Crippen LogP contribution in [0.2, 0.25) is 0 Å². The van der Waals surface area contributed by atoms with Crippen LogP contribution in [-0.2, 0) is 0 Å². The molecule has 0 radical (unpaired) electrons. The molecule has 0 spiro atoms. The number of nitrogens with zero attached hydrogens (tertiary/aromatic N) is 3. The Kier molecular flexibility index (Phi) is 7.09. The summed E-state index contributed by atoms with van der Waals surface area (Å²) in [6.45, 7) is 0. The van der Waals surface area contributed by atoms with Crippen molar-refractivity contribution in [3.63, 3.8) is 0 Å². The number of amidine groups is 2. The van der Waals surface area contributed by atoms with E-state index in [9.17, 15) is 0 Å². The molecule has 268 valence electrons. The normalized spacial score (nSPS) is 14.5. The molecule has 4 heterocycles. The second-order valence-corrected chi connectivity index (χ2v) is 15.6. The van der Waals surface area contributed by atoms with Crippen molar-refractivity contribution in [2.24, 2.45) is 9.98 Å². The van der Waals surface area contributed by atoms with Gasteiger partial charge in [-0.15, -0.1) is 11.3 Å². The first kappa shape index (κ1) is 32.0. The molecule has 0 amide bonds. The number of aromatic nitrogens is 1. The van der Waals surface area contributed by atoms with E-state index in [0.29, 0.717) is 5.84 Å². The molecule has 0 fully saturated rings. The molecule has 6 heteroatoms. The number of benzene rings is 8. The van der Waals surface area contributed by atoms with E-state index in [1.807, 2.05) is 47.7 Å². The van der Waals surface area contributed by atoms with Crippen LogP contribution in [0.5, 0.6) is 0 Å². The van der Waals surface area contributed by atoms with Crippen molar-refractivity contribution in [3.8, 4) is 16.8 Å². The maximum atomic E-state index is 6.71. The van der Waals surface area contributed by atoms with E-state index >= 15 is 0 Å². The fraction of sp³-hybridized carbons (Fsp3) is 0.0196. The molecule has 12 rings (SSSR count). The predicted octanol–water partition coefficient (Wildman–Crippen LogP) is 13.2. The van der Waals surface area contributed by atoms with Gasteiger partial charge in [0.15, 0.2) is 12.0 Å². The molecule has 0 aliphatic carbocycles. The predicted molar refractivity (Wildman–Crippen MR) is 238 cm³/mol. The largest absolute Gasteiger partial charge is 0.456 e. The minimum atomic E-state index is -0.394. The lowest BCUT2D eigenvalue weighted by Gasteiger charge is -2.23. The van der Waals surface area contributed by atoms with Gasteiger partial charge < -0.3 is 14.3 Å². The lowest BCUT2D eigenvalue weighted by Crippen LogP contribution is -2.33. The van der Waals surface area contributed by atoms with E-state index in [1.165, 1.54) is 53.2 Å². The first-order valence-electron chi connectivity index (χ1n) is 19.2. The highest BCUT2D eigenvalue weighted by atomic mass is 32.1. The van der Waals surface area contributed by atoms with Crippen LogP contribution in [0.1, 0.15) is 22.9 Å². The first-order chi connectivity index (χ1) is 28.2. The third-order valence-electron chi connectivity index (χ3n) is 11.3. The van der Waals surface area contributed by atoms with Crippen molar-refractivity contribution in [2.75, 3.05) is 0 Å². The zero-order valence-electron chi connectivity index (χ0n) is 30.6. The summed E-state index contributed by atoms with van der Waals surface area (Å²) in [6, 6.07) is 64.4.